The summed E-state index contributed by atoms with van der Waals surface area (Å²) >= 11 is 0. The van der Waals surface area contributed by atoms with E-state index >= 15 is 0 Å². The zero-order chi connectivity index (χ0) is 30.5. The third kappa shape index (κ3) is 11.1. The normalized spacial score (nSPS) is 17.4. The van der Waals surface area contributed by atoms with Crippen LogP contribution in [0.15, 0.2) is 18.2 Å². The van der Waals surface area contributed by atoms with E-state index in [2.05, 4.69) is 0 Å². The Morgan fingerprint density at radius 2 is 1.32 bits per heavy atom. The van der Waals surface area contributed by atoms with Crippen molar-refractivity contribution in [3.05, 3.63) is 23.8 Å². The van der Waals surface area contributed by atoms with Gasteiger partial charge >= 0.3 is 23.9 Å². The average molecular weight is 576 g/mol. The van der Waals surface area contributed by atoms with Gasteiger partial charge in [-0.25, -0.2) is 0 Å². The molecule has 1 aromatic carbocycles. The van der Waals surface area contributed by atoms with E-state index in [1.807, 2.05) is 13.8 Å². The van der Waals surface area contributed by atoms with E-state index in [-0.39, 0.29) is 41.6 Å². The molecule has 0 heterocycles. The topological polar surface area (TPSA) is 131 Å². The smallest absolute Gasteiger partial charge is 0.323 e. The van der Waals surface area contributed by atoms with Crippen LogP contribution in [-0.2, 0) is 35.1 Å². The van der Waals surface area contributed by atoms with Gasteiger partial charge in [-0.3, -0.25) is 19.2 Å². The molecule has 9 nitrogen and oxygen atoms in total. The van der Waals surface area contributed by atoms with Crippen molar-refractivity contribution in [2.45, 2.75) is 124 Å². The van der Waals surface area contributed by atoms with Gasteiger partial charge in [0.15, 0.2) is 11.5 Å². The number of rotatable bonds is 15. The molecule has 1 aromatic rings. The molecule has 2 rings (SSSR count). The summed E-state index contributed by atoms with van der Waals surface area (Å²) < 4.78 is 22.3. The first kappa shape index (κ1) is 34.3. The number of benzene rings is 1. The Bertz CT molecular complexity index is 1020. The van der Waals surface area contributed by atoms with Crippen molar-refractivity contribution in [1.29, 1.82) is 0 Å². The maximum atomic E-state index is 12.8. The summed E-state index contributed by atoms with van der Waals surface area (Å²) in [7, 11) is 0. The fraction of sp³-hybridized carbons (Fsp3) is 0.688. The highest BCUT2D eigenvalue weighted by Crippen LogP contribution is 2.31. The minimum Gasteiger partial charge on any atom is -0.459 e. The highest BCUT2D eigenvalue weighted by molar-refractivity contribution is 5.79. The van der Waals surface area contributed by atoms with Crippen LogP contribution in [0.25, 0.3) is 0 Å². The lowest BCUT2D eigenvalue weighted by molar-refractivity contribution is -0.169. The highest BCUT2D eigenvalue weighted by atomic mass is 16.6. The molecular weight excluding hydrogens is 526 g/mol. The van der Waals surface area contributed by atoms with E-state index in [0.29, 0.717) is 18.4 Å². The first-order chi connectivity index (χ1) is 19.5. The molecule has 1 aliphatic rings. The Morgan fingerprint density at radius 3 is 1.88 bits per heavy atom. The van der Waals surface area contributed by atoms with Crippen LogP contribution in [0.1, 0.15) is 105 Å². The highest BCUT2D eigenvalue weighted by Gasteiger charge is 2.29. The molecular formula is C32H49NO8. The Morgan fingerprint density at radius 1 is 0.780 bits per heavy atom. The summed E-state index contributed by atoms with van der Waals surface area (Å²) in [5.74, 6) is -2.23. The van der Waals surface area contributed by atoms with Crippen LogP contribution in [0, 0.1) is 17.8 Å². The average Bonchev–Trinajstić information content (AvgIpc) is 2.94. The van der Waals surface area contributed by atoms with Crippen molar-refractivity contribution in [1.82, 2.24) is 0 Å². The van der Waals surface area contributed by atoms with Crippen LogP contribution in [0.5, 0.6) is 11.5 Å². The van der Waals surface area contributed by atoms with Crippen molar-refractivity contribution >= 4 is 23.9 Å². The molecule has 0 spiro atoms. The Balaban J connectivity index is 2.07. The summed E-state index contributed by atoms with van der Waals surface area (Å²) in [6.07, 6.45) is 6.63. The van der Waals surface area contributed by atoms with E-state index in [1.54, 1.807) is 45.9 Å². The lowest BCUT2D eigenvalue weighted by atomic mass is 9.89. The molecule has 0 aromatic heterocycles. The molecule has 0 saturated heterocycles. The van der Waals surface area contributed by atoms with Crippen LogP contribution in [0.3, 0.4) is 0 Å². The monoisotopic (exact) mass is 575 g/mol. The molecule has 9 heteroatoms. The molecule has 3 unspecified atom stereocenters. The Hall–Kier alpha value is -2.94. The van der Waals surface area contributed by atoms with Gasteiger partial charge in [0.25, 0.3) is 0 Å². The van der Waals surface area contributed by atoms with Crippen molar-refractivity contribution in [3.63, 3.8) is 0 Å². The molecule has 230 valence electrons. The summed E-state index contributed by atoms with van der Waals surface area (Å²) in [5, 5.41) is 0. The molecule has 5 atom stereocenters. The second-order valence-electron chi connectivity index (χ2n) is 11.4. The minimum atomic E-state index is -1.01. The van der Waals surface area contributed by atoms with E-state index < -0.39 is 36.2 Å². The quantitative estimate of drug-likeness (QED) is 0.207. The molecule has 2 N–H and O–H groups in total. The number of nitrogens with two attached hydrogens (primary N) is 1. The number of hydrogen-bond donors (Lipinski definition) is 1. The van der Waals surface area contributed by atoms with Gasteiger partial charge in [0.2, 0.25) is 0 Å². The fourth-order valence-electron chi connectivity index (χ4n) is 4.78. The summed E-state index contributed by atoms with van der Waals surface area (Å²) in [6.45, 7) is 10.9. The van der Waals surface area contributed by atoms with Gasteiger partial charge in [-0.1, -0.05) is 65.9 Å². The Labute approximate surface area is 244 Å². The van der Waals surface area contributed by atoms with E-state index in [1.165, 1.54) is 0 Å². The van der Waals surface area contributed by atoms with Crippen molar-refractivity contribution < 1.29 is 38.1 Å². The number of esters is 4. The fourth-order valence-corrected chi connectivity index (χ4v) is 4.78. The Kier molecular flexibility index (Phi) is 14.3. The van der Waals surface area contributed by atoms with Crippen LogP contribution < -0.4 is 15.2 Å². The second kappa shape index (κ2) is 17.1. The van der Waals surface area contributed by atoms with Crippen LogP contribution >= 0.6 is 0 Å². The number of ether oxygens (including phenoxy) is 4. The van der Waals surface area contributed by atoms with Crippen molar-refractivity contribution in [2.24, 2.45) is 23.5 Å². The minimum absolute atomic E-state index is 0.0946. The summed E-state index contributed by atoms with van der Waals surface area (Å²) in [4.78, 5) is 50.5. The molecule has 0 bridgehead atoms. The molecule has 41 heavy (non-hydrogen) atoms. The number of carbonyl (C=O) groups excluding carboxylic acids is 4. The number of hydrogen-bond acceptors (Lipinski definition) is 9. The van der Waals surface area contributed by atoms with Gasteiger partial charge in [-0.05, 0) is 63.6 Å². The third-order valence-electron chi connectivity index (χ3n) is 7.64. The first-order valence-electron chi connectivity index (χ1n) is 15.2. The number of carbonyl (C=O) groups is 4. The summed E-state index contributed by atoms with van der Waals surface area (Å²) in [6, 6.07) is 3.77. The zero-order valence-electron chi connectivity index (χ0n) is 25.6. The van der Waals surface area contributed by atoms with E-state index in [0.717, 1.165) is 44.9 Å². The van der Waals surface area contributed by atoms with Gasteiger partial charge in [0.1, 0.15) is 18.2 Å². The SMILES string of the molecule is CCCC(C)C(=O)Oc1ccc(C[C@H](N)C(=O)O[C@@H](C)C(C)OC(=O)C2CCCCC2)cc1OC(=O)C(C)CCC. The molecule has 0 amide bonds. The molecule has 0 radical (unpaired) electrons. The first-order valence-corrected chi connectivity index (χ1v) is 15.2. The maximum Gasteiger partial charge on any atom is 0.323 e. The molecule has 1 fully saturated rings. The lowest BCUT2D eigenvalue weighted by Crippen LogP contribution is -2.40. The van der Waals surface area contributed by atoms with Gasteiger partial charge in [0, 0.05) is 0 Å². The lowest BCUT2D eigenvalue weighted by Gasteiger charge is -2.26. The maximum absolute atomic E-state index is 12.8. The van der Waals surface area contributed by atoms with Crippen LogP contribution in [-0.4, -0.2) is 42.1 Å². The van der Waals surface area contributed by atoms with Crippen molar-refractivity contribution in [2.75, 3.05) is 0 Å². The van der Waals surface area contributed by atoms with Gasteiger partial charge in [-0.15, -0.1) is 0 Å². The standard InChI is InChI=1S/C32H49NO8/c1-7-12-20(3)29(34)40-27-17-16-24(19-28(27)41-30(35)21(4)13-8-2)18-26(33)32(37)39-23(6)22(5)38-31(36)25-14-10-9-11-15-25/h16-17,19-23,25-26H,7-15,18,33H2,1-6H3/t20?,21?,22?,23-,26-/m0/s1. The third-order valence-corrected chi connectivity index (χ3v) is 7.64. The zero-order valence-corrected chi connectivity index (χ0v) is 25.6. The second-order valence-corrected chi connectivity index (χ2v) is 11.4. The van der Waals surface area contributed by atoms with Gasteiger partial charge in [0.05, 0.1) is 17.8 Å². The van der Waals surface area contributed by atoms with Gasteiger partial charge < -0.3 is 24.7 Å². The summed E-state index contributed by atoms with van der Waals surface area (Å²) in [5.41, 5.74) is 6.77. The molecule has 0 aliphatic heterocycles. The van der Waals surface area contributed by atoms with E-state index in [9.17, 15) is 19.2 Å². The van der Waals surface area contributed by atoms with Crippen LogP contribution in [0.4, 0.5) is 0 Å². The van der Waals surface area contributed by atoms with Gasteiger partial charge in [-0.2, -0.15) is 0 Å². The van der Waals surface area contributed by atoms with Crippen molar-refractivity contribution in [3.8, 4) is 11.5 Å². The predicted octanol–water partition coefficient (Wildman–Crippen LogP) is 5.68. The predicted molar refractivity (Wildman–Crippen MR) is 155 cm³/mol. The molecule has 1 saturated carbocycles. The largest absolute Gasteiger partial charge is 0.459 e. The van der Waals surface area contributed by atoms with E-state index in [4.69, 9.17) is 24.7 Å². The van der Waals surface area contributed by atoms with Crippen LogP contribution in [0.2, 0.25) is 0 Å². The molecule has 1 aliphatic carbocycles.